The van der Waals surface area contributed by atoms with E-state index >= 15 is 0 Å². The minimum Gasteiger partial charge on any atom is -0.756 e. The Hall–Kier alpha value is -3.07. The quantitative estimate of drug-likeness (QED) is 0.0195. The van der Waals surface area contributed by atoms with Crippen LogP contribution in [0.5, 0.6) is 0 Å². The first-order valence-electron chi connectivity index (χ1n) is 27.9. The topological polar surface area (TPSA) is 111 Å². The Bertz CT molecular complexity index is 1500. The molecule has 0 aromatic heterocycles. The van der Waals surface area contributed by atoms with Gasteiger partial charge < -0.3 is 27.9 Å². The van der Waals surface area contributed by atoms with Gasteiger partial charge in [-0.15, -0.1) is 0 Å². The molecule has 0 saturated heterocycles. The highest BCUT2D eigenvalue weighted by molar-refractivity contribution is 7.45. The fourth-order valence-corrected chi connectivity index (χ4v) is 8.01. The van der Waals surface area contributed by atoms with E-state index in [0.29, 0.717) is 23.9 Å². The van der Waals surface area contributed by atoms with Crippen molar-refractivity contribution in [1.82, 2.24) is 0 Å². The lowest BCUT2D eigenvalue weighted by atomic mass is 10.0. The smallest absolute Gasteiger partial charge is 0.306 e. The van der Waals surface area contributed by atoms with Crippen LogP contribution in [0.4, 0.5) is 0 Å². The first-order valence-corrected chi connectivity index (χ1v) is 29.4. The highest BCUT2D eigenvalue weighted by Crippen LogP contribution is 2.38. The van der Waals surface area contributed by atoms with Crippen LogP contribution in [0, 0.1) is 0 Å². The van der Waals surface area contributed by atoms with E-state index in [4.69, 9.17) is 18.5 Å². The molecule has 0 bridgehead atoms. The van der Waals surface area contributed by atoms with Crippen LogP contribution in [0.2, 0.25) is 0 Å². The summed E-state index contributed by atoms with van der Waals surface area (Å²) in [6, 6.07) is 0. The predicted molar refractivity (Wildman–Crippen MR) is 295 cm³/mol. The number of carbonyl (C=O) groups is 2. The molecule has 70 heavy (non-hydrogen) atoms. The summed E-state index contributed by atoms with van der Waals surface area (Å²) in [5.74, 6) is -0.851. The average Bonchev–Trinajstić information content (AvgIpc) is 3.32. The van der Waals surface area contributed by atoms with Crippen molar-refractivity contribution in [3.05, 3.63) is 97.2 Å². The van der Waals surface area contributed by atoms with Gasteiger partial charge in [-0.05, 0) is 96.3 Å². The number of esters is 2. The molecule has 0 aromatic rings. The second kappa shape index (κ2) is 50.9. The molecule has 0 aliphatic heterocycles. The summed E-state index contributed by atoms with van der Waals surface area (Å²) < 4.78 is 34.0. The van der Waals surface area contributed by atoms with Gasteiger partial charge in [0.1, 0.15) is 19.8 Å². The SMILES string of the molecule is CC/C=C\C/C=C\C/C=C\C/C=C\C/C=C\C/C=C\C/C=C\CCCCCCCCCCCCCC(=O)OC(COC(=O)CCCCCCC/C=C\CCCCCC)COP(=O)([O-])OCC[N+](C)(C)C. The van der Waals surface area contributed by atoms with Gasteiger partial charge in [0.15, 0.2) is 6.10 Å². The molecule has 10 heteroatoms. The number of rotatable bonds is 50. The lowest BCUT2D eigenvalue weighted by Gasteiger charge is -2.28. The summed E-state index contributed by atoms with van der Waals surface area (Å²) in [4.78, 5) is 37.7. The minimum atomic E-state index is -4.64. The Kier molecular flexibility index (Phi) is 48.6. The normalized spacial score (nSPS) is 14.1. The zero-order valence-electron chi connectivity index (χ0n) is 45.4. The highest BCUT2D eigenvalue weighted by atomic mass is 31.2. The lowest BCUT2D eigenvalue weighted by Crippen LogP contribution is -2.37. The van der Waals surface area contributed by atoms with E-state index in [1.807, 2.05) is 21.1 Å². The maximum Gasteiger partial charge on any atom is 0.306 e. The van der Waals surface area contributed by atoms with E-state index in [2.05, 4.69) is 111 Å². The van der Waals surface area contributed by atoms with E-state index < -0.39 is 32.5 Å². The molecule has 0 N–H and O–H groups in total. The van der Waals surface area contributed by atoms with E-state index in [1.165, 1.54) is 77.0 Å². The molecule has 402 valence electrons. The average molecular weight is 998 g/mol. The van der Waals surface area contributed by atoms with Crippen LogP contribution >= 0.6 is 7.82 Å². The van der Waals surface area contributed by atoms with Crippen molar-refractivity contribution < 1.29 is 42.1 Å². The van der Waals surface area contributed by atoms with Crippen molar-refractivity contribution in [2.75, 3.05) is 47.5 Å². The van der Waals surface area contributed by atoms with Crippen molar-refractivity contribution in [3.63, 3.8) is 0 Å². The number of nitrogens with zero attached hydrogens (tertiary/aromatic N) is 1. The van der Waals surface area contributed by atoms with Crippen LogP contribution in [-0.2, 0) is 32.7 Å². The second-order valence-electron chi connectivity index (χ2n) is 19.6. The summed E-state index contributed by atoms with van der Waals surface area (Å²) in [7, 11) is 1.15. The van der Waals surface area contributed by atoms with E-state index in [1.54, 1.807) is 0 Å². The lowest BCUT2D eigenvalue weighted by molar-refractivity contribution is -0.870. The molecule has 9 nitrogen and oxygen atoms in total. The van der Waals surface area contributed by atoms with Crippen LogP contribution in [0.3, 0.4) is 0 Å². The molecule has 0 fully saturated rings. The van der Waals surface area contributed by atoms with Crippen molar-refractivity contribution >= 4 is 19.8 Å². The largest absolute Gasteiger partial charge is 0.756 e. The van der Waals surface area contributed by atoms with Crippen LogP contribution in [0.25, 0.3) is 0 Å². The first kappa shape index (κ1) is 66.9. The molecule has 0 rings (SSSR count). The van der Waals surface area contributed by atoms with E-state index in [0.717, 1.165) is 103 Å². The van der Waals surface area contributed by atoms with E-state index in [9.17, 15) is 19.0 Å². The molecule has 0 heterocycles. The zero-order valence-corrected chi connectivity index (χ0v) is 46.3. The summed E-state index contributed by atoms with van der Waals surface area (Å²) in [6.07, 6.45) is 68.8. The van der Waals surface area contributed by atoms with Crippen LogP contribution in [0.1, 0.15) is 219 Å². The highest BCUT2D eigenvalue weighted by Gasteiger charge is 2.21. The third kappa shape index (κ3) is 54.3. The van der Waals surface area contributed by atoms with Gasteiger partial charge in [0.25, 0.3) is 7.82 Å². The number of unbranched alkanes of at least 4 members (excludes halogenated alkanes) is 20. The Morgan fingerprint density at radius 1 is 0.457 bits per heavy atom. The van der Waals surface area contributed by atoms with Crippen molar-refractivity contribution in [2.45, 2.75) is 225 Å². The maximum absolute atomic E-state index is 12.8. The van der Waals surface area contributed by atoms with Crippen molar-refractivity contribution in [3.8, 4) is 0 Å². The van der Waals surface area contributed by atoms with Gasteiger partial charge in [-0.1, -0.05) is 207 Å². The third-order valence-electron chi connectivity index (χ3n) is 11.6. The molecule has 0 aliphatic rings. The molecular weight excluding hydrogens is 894 g/mol. The van der Waals surface area contributed by atoms with Crippen LogP contribution < -0.4 is 4.89 Å². The van der Waals surface area contributed by atoms with Crippen molar-refractivity contribution in [2.24, 2.45) is 0 Å². The zero-order chi connectivity index (χ0) is 51.3. The molecule has 0 aliphatic carbocycles. The number of phosphoric ester groups is 1. The fraction of sp³-hybridized carbons (Fsp3) is 0.700. The molecule has 2 atom stereocenters. The van der Waals surface area contributed by atoms with Gasteiger partial charge in [0.05, 0.1) is 27.7 Å². The summed E-state index contributed by atoms with van der Waals surface area (Å²) in [6.45, 7) is 4.08. The number of carbonyl (C=O) groups excluding carboxylic acids is 2. The maximum atomic E-state index is 12.8. The molecular formula is C60H104NO8P. The van der Waals surface area contributed by atoms with Gasteiger partial charge in [0, 0.05) is 12.8 Å². The molecule has 0 aromatic carbocycles. The summed E-state index contributed by atoms with van der Waals surface area (Å²) >= 11 is 0. The standard InChI is InChI=1S/C60H104NO8P/c1-6-8-10-12-14-16-18-20-21-22-23-24-25-26-27-28-29-30-31-32-33-34-35-36-37-38-39-41-43-45-47-49-51-53-60(63)69-58(57-68-70(64,65)67-55-54-61(3,4)5)56-66-59(62)52-50-48-46-44-42-40-19-17-15-13-11-9-7-2/h8,10,14,16-17,19-21,23-24,26-27,29-30,32-33,58H,6-7,9,11-13,15,18,22,25,28,31,34-57H2,1-5H3/b10-8-,16-14-,19-17-,21-20-,24-23-,27-26-,30-29-,33-32-. The molecule has 0 radical (unpaired) electrons. The number of allylic oxidation sites excluding steroid dienone is 16. The Balaban J connectivity index is 4.13. The fourth-order valence-electron chi connectivity index (χ4n) is 7.28. The third-order valence-corrected chi connectivity index (χ3v) is 12.6. The Morgan fingerprint density at radius 2 is 0.814 bits per heavy atom. The number of ether oxygens (including phenoxy) is 2. The molecule has 0 amide bonds. The Morgan fingerprint density at radius 3 is 1.23 bits per heavy atom. The van der Waals surface area contributed by atoms with Gasteiger partial charge in [-0.3, -0.25) is 14.2 Å². The monoisotopic (exact) mass is 998 g/mol. The number of phosphoric acid groups is 1. The number of hydrogen-bond acceptors (Lipinski definition) is 8. The van der Waals surface area contributed by atoms with Crippen LogP contribution in [-0.4, -0.2) is 70.0 Å². The predicted octanol–water partition coefficient (Wildman–Crippen LogP) is 16.6. The number of hydrogen-bond donors (Lipinski definition) is 0. The van der Waals surface area contributed by atoms with Gasteiger partial charge in [0.2, 0.25) is 0 Å². The second-order valence-corrected chi connectivity index (χ2v) is 21.0. The van der Waals surface area contributed by atoms with Crippen LogP contribution in [0.15, 0.2) is 97.2 Å². The molecule has 2 unspecified atom stereocenters. The Labute approximate surface area is 430 Å². The van der Waals surface area contributed by atoms with Gasteiger partial charge >= 0.3 is 11.9 Å². The van der Waals surface area contributed by atoms with Gasteiger partial charge in [-0.25, -0.2) is 0 Å². The summed E-state index contributed by atoms with van der Waals surface area (Å²) in [5.41, 5.74) is 0. The number of quaternary nitrogens is 1. The number of likely N-dealkylation sites (N-methyl/N-ethyl adjacent to an activating group) is 1. The summed E-state index contributed by atoms with van der Waals surface area (Å²) in [5, 5.41) is 0. The van der Waals surface area contributed by atoms with Gasteiger partial charge in [-0.2, -0.15) is 0 Å². The minimum absolute atomic E-state index is 0.0364. The van der Waals surface area contributed by atoms with Crippen molar-refractivity contribution in [1.29, 1.82) is 0 Å². The molecule has 0 saturated carbocycles. The van der Waals surface area contributed by atoms with E-state index in [-0.39, 0.29) is 26.1 Å². The molecule has 0 spiro atoms. The first-order chi connectivity index (χ1) is 34.0.